The molecule has 0 aliphatic carbocycles. The number of rotatable bonds is 7. The highest BCUT2D eigenvalue weighted by Gasteiger charge is 2.40. The van der Waals surface area contributed by atoms with Gasteiger partial charge in [0, 0.05) is 38.4 Å². The maximum atomic E-state index is 5.43. The molecule has 0 unspecified atom stereocenters. The number of nitrogens with zero attached hydrogens (tertiary/aromatic N) is 2. The fourth-order valence-corrected chi connectivity index (χ4v) is 4.82. The second-order valence-corrected chi connectivity index (χ2v) is 8.46. The molecule has 1 aromatic heterocycles. The van der Waals surface area contributed by atoms with Gasteiger partial charge in [0.2, 0.25) is 0 Å². The van der Waals surface area contributed by atoms with Crippen LogP contribution in [-0.2, 0) is 6.54 Å². The number of hydrogen-bond acceptors (Lipinski definition) is 4. The van der Waals surface area contributed by atoms with Gasteiger partial charge in [-0.15, -0.1) is 0 Å². The minimum Gasteiger partial charge on any atom is -0.467 e. The molecule has 4 atom stereocenters. The van der Waals surface area contributed by atoms with E-state index in [2.05, 4.69) is 57.8 Å². The van der Waals surface area contributed by atoms with Crippen LogP contribution in [0.3, 0.4) is 0 Å². The van der Waals surface area contributed by atoms with E-state index in [0.29, 0.717) is 17.7 Å². The van der Waals surface area contributed by atoms with E-state index < -0.39 is 0 Å². The van der Waals surface area contributed by atoms with Crippen LogP contribution >= 0.6 is 12.2 Å². The summed E-state index contributed by atoms with van der Waals surface area (Å²) >= 11 is 5.43. The molecule has 2 aromatic rings. The maximum absolute atomic E-state index is 5.43. The van der Waals surface area contributed by atoms with Crippen molar-refractivity contribution in [2.45, 2.75) is 25.4 Å². The molecule has 0 spiro atoms. The van der Waals surface area contributed by atoms with E-state index >= 15 is 0 Å². The van der Waals surface area contributed by atoms with E-state index in [1.165, 1.54) is 31.6 Å². The van der Waals surface area contributed by atoms with Gasteiger partial charge in [-0.25, -0.2) is 0 Å². The van der Waals surface area contributed by atoms with Crippen LogP contribution in [0.15, 0.2) is 53.1 Å². The summed E-state index contributed by atoms with van der Waals surface area (Å²) < 4.78 is 5.33. The van der Waals surface area contributed by atoms with Crippen molar-refractivity contribution in [2.75, 3.05) is 38.1 Å². The van der Waals surface area contributed by atoms with Crippen molar-refractivity contribution in [2.24, 2.45) is 11.8 Å². The molecule has 3 saturated heterocycles. The topological polar surface area (TPSA) is 43.7 Å². The number of benzene rings is 1. The second-order valence-electron chi connectivity index (χ2n) is 8.05. The first-order chi connectivity index (χ1) is 13.7. The molecule has 4 heterocycles. The Hall–Kier alpha value is -2.05. The number of para-hydroxylation sites is 1. The molecule has 5 nitrogen and oxygen atoms in total. The first-order valence-corrected chi connectivity index (χ1v) is 10.6. The SMILES string of the molecule is CN(C[C@H]1C[N@]2CC[C@H]1C[C@@H]2CNC(=S)NCc1ccco1)c1ccccc1. The molecule has 3 fully saturated rings. The first-order valence-electron chi connectivity index (χ1n) is 10.2. The summed E-state index contributed by atoms with van der Waals surface area (Å²) in [6.07, 6.45) is 4.28. The van der Waals surface area contributed by atoms with Gasteiger partial charge in [0.15, 0.2) is 5.11 Å². The molecule has 2 bridgehead atoms. The first kappa shape index (κ1) is 19.3. The predicted molar refractivity (Wildman–Crippen MR) is 117 cm³/mol. The molecular weight excluding hydrogens is 368 g/mol. The van der Waals surface area contributed by atoms with Gasteiger partial charge < -0.3 is 20.0 Å². The van der Waals surface area contributed by atoms with Crippen LogP contribution in [0.2, 0.25) is 0 Å². The van der Waals surface area contributed by atoms with E-state index in [-0.39, 0.29) is 0 Å². The van der Waals surface area contributed by atoms with Crippen molar-refractivity contribution < 1.29 is 4.42 Å². The molecule has 6 heteroatoms. The number of nitrogens with one attached hydrogen (secondary N) is 2. The van der Waals surface area contributed by atoms with Crippen LogP contribution < -0.4 is 15.5 Å². The van der Waals surface area contributed by atoms with E-state index in [9.17, 15) is 0 Å². The van der Waals surface area contributed by atoms with Crippen molar-refractivity contribution in [3.63, 3.8) is 0 Å². The molecule has 0 amide bonds. The molecular formula is C22H30N4OS. The lowest BCUT2D eigenvalue weighted by atomic mass is 9.75. The fourth-order valence-electron chi connectivity index (χ4n) is 4.66. The molecule has 28 heavy (non-hydrogen) atoms. The van der Waals surface area contributed by atoms with Crippen molar-refractivity contribution in [1.29, 1.82) is 0 Å². The van der Waals surface area contributed by atoms with Gasteiger partial charge in [0.25, 0.3) is 0 Å². The van der Waals surface area contributed by atoms with Crippen LogP contribution in [0.1, 0.15) is 18.6 Å². The Morgan fingerprint density at radius 1 is 1.21 bits per heavy atom. The average Bonchev–Trinajstić information content (AvgIpc) is 3.26. The molecule has 0 radical (unpaired) electrons. The molecule has 150 valence electrons. The quantitative estimate of drug-likeness (QED) is 0.699. The van der Waals surface area contributed by atoms with Crippen LogP contribution in [-0.4, -0.2) is 49.3 Å². The number of piperidine rings is 3. The second kappa shape index (κ2) is 8.97. The molecule has 5 rings (SSSR count). The van der Waals surface area contributed by atoms with Gasteiger partial charge in [-0.1, -0.05) is 18.2 Å². The molecule has 2 N–H and O–H groups in total. The van der Waals surface area contributed by atoms with Crippen LogP contribution in [0.25, 0.3) is 0 Å². The molecule has 3 aliphatic rings. The molecule has 3 aliphatic heterocycles. The normalized spacial score (nSPS) is 26.0. The third-order valence-electron chi connectivity index (χ3n) is 6.22. The van der Waals surface area contributed by atoms with Crippen molar-refractivity contribution >= 4 is 23.0 Å². The summed E-state index contributed by atoms with van der Waals surface area (Å²) in [7, 11) is 2.22. The predicted octanol–water partition coefficient (Wildman–Crippen LogP) is 3.09. The Morgan fingerprint density at radius 2 is 2.07 bits per heavy atom. The smallest absolute Gasteiger partial charge is 0.166 e. The van der Waals surface area contributed by atoms with E-state index in [1.54, 1.807) is 6.26 Å². The monoisotopic (exact) mass is 398 g/mol. The Labute approximate surface area is 173 Å². The Balaban J connectivity index is 1.23. The van der Waals surface area contributed by atoms with Gasteiger partial charge in [-0.3, -0.25) is 4.90 Å². The highest BCUT2D eigenvalue weighted by atomic mass is 32.1. The summed E-state index contributed by atoms with van der Waals surface area (Å²) in [5.41, 5.74) is 1.31. The Kier molecular flexibility index (Phi) is 6.17. The van der Waals surface area contributed by atoms with Gasteiger partial charge in [0.1, 0.15) is 5.76 Å². The number of thiocarbonyl (C=S) groups is 1. The number of anilines is 1. The third kappa shape index (κ3) is 4.67. The zero-order valence-electron chi connectivity index (χ0n) is 16.5. The van der Waals surface area contributed by atoms with E-state index in [0.717, 1.165) is 30.7 Å². The Bertz CT molecular complexity index is 751. The van der Waals surface area contributed by atoms with Gasteiger partial charge in [0.05, 0.1) is 12.8 Å². The molecule has 1 aromatic carbocycles. The summed E-state index contributed by atoms with van der Waals surface area (Å²) in [5, 5.41) is 7.34. The lowest BCUT2D eigenvalue weighted by molar-refractivity contribution is 0.00660. The van der Waals surface area contributed by atoms with Crippen molar-refractivity contribution in [3.8, 4) is 0 Å². The summed E-state index contributed by atoms with van der Waals surface area (Å²) in [4.78, 5) is 5.07. The third-order valence-corrected chi connectivity index (χ3v) is 6.51. The van der Waals surface area contributed by atoms with E-state index in [1.807, 2.05) is 12.1 Å². The lowest BCUT2D eigenvalue weighted by Crippen LogP contribution is -2.58. The summed E-state index contributed by atoms with van der Waals surface area (Å²) in [5.74, 6) is 2.46. The van der Waals surface area contributed by atoms with Crippen LogP contribution in [0, 0.1) is 11.8 Å². The molecule has 0 saturated carbocycles. The van der Waals surface area contributed by atoms with Gasteiger partial charge in [-0.05, 0) is 67.7 Å². The average molecular weight is 399 g/mol. The fraction of sp³-hybridized carbons (Fsp3) is 0.500. The van der Waals surface area contributed by atoms with Crippen LogP contribution in [0.4, 0.5) is 5.69 Å². The minimum absolute atomic E-state index is 0.584. The zero-order chi connectivity index (χ0) is 19.3. The summed E-state index contributed by atoms with van der Waals surface area (Å²) in [6, 6.07) is 15.1. The van der Waals surface area contributed by atoms with Gasteiger partial charge in [-0.2, -0.15) is 0 Å². The Morgan fingerprint density at radius 3 is 2.79 bits per heavy atom. The number of furan rings is 1. The van der Waals surface area contributed by atoms with E-state index in [4.69, 9.17) is 16.6 Å². The highest BCUT2D eigenvalue weighted by Crippen LogP contribution is 2.36. The number of hydrogen-bond donors (Lipinski definition) is 2. The van der Waals surface area contributed by atoms with Gasteiger partial charge >= 0.3 is 0 Å². The lowest BCUT2D eigenvalue weighted by Gasteiger charge is -2.51. The van der Waals surface area contributed by atoms with Crippen molar-refractivity contribution in [1.82, 2.24) is 15.5 Å². The highest BCUT2D eigenvalue weighted by molar-refractivity contribution is 7.80. The maximum Gasteiger partial charge on any atom is 0.166 e. The van der Waals surface area contributed by atoms with Crippen molar-refractivity contribution in [3.05, 3.63) is 54.5 Å². The number of fused-ring (bicyclic) bond motifs is 3. The summed E-state index contributed by atoms with van der Waals surface area (Å²) in [6.45, 7) is 5.09. The minimum atomic E-state index is 0.584. The standard InChI is InChI=1S/C22H30N4OS/c1-25(19-6-3-2-4-7-19)15-18-16-26-10-9-17(18)12-20(26)13-23-22(28)24-14-21-8-5-11-27-21/h2-8,11,17-18,20H,9-10,12-16H2,1H3,(H2,23,24,28)/t17-,18-,20+/m0/s1. The van der Waals surface area contributed by atoms with Crippen LogP contribution in [0.5, 0.6) is 0 Å². The zero-order valence-corrected chi connectivity index (χ0v) is 17.3. The largest absolute Gasteiger partial charge is 0.467 e.